The average Bonchev–Trinajstić information content (AvgIpc) is 3.06. The van der Waals surface area contributed by atoms with Crippen molar-refractivity contribution in [3.8, 4) is 0 Å². The summed E-state index contributed by atoms with van der Waals surface area (Å²) in [5, 5.41) is 22.8. The molecule has 0 radical (unpaired) electrons. The Hall–Kier alpha value is -0.940. The molecule has 0 aromatic rings. The van der Waals surface area contributed by atoms with Crippen molar-refractivity contribution < 1.29 is 24.5 Å². The van der Waals surface area contributed by atoms with Crippen molar-refractivity contribution >= 4 is 11.8 Å². The van der Waals surface area contributed by atoms with Gasteiger partial charge >= 0.3 is 5.97 Å². The van der Waals surface area contributed by atoms with Gasteiger partial charge in [-0.15, -0.1) is 0 Å². The predicted molar refractivity (Wildman–Crippen MR) is 113 cm³/mol. The molecule has 4 fully saturated rings. The standard InChI is InChI=1S/C25H40O5/c1-14(5-8-22(29)30-4)17-6-7-18-23-19(13-21(28)25(17,18)3)24(2)10-9-16(26)11-15(24)12-20(23)27/h14-15,17-21,23,27-28H,5-13H2,1-4H3/t14?,15-,17?,18?,19?,20?,21-,23?,24-,25+/m0/s1. The summed E-state index contributed by atoms with van der Waals surface area (Å²) >= 11 is 0. The second-order valence-electron chi connectivity index (χ2n) is 11.4. The highest BCUT2D eigenvalue weighted by Gasteiger charge is 2.65. The lowest BCUT2D eigenvalue weighted by Gasteiger charge is -2.63. The molecule has 5 heteroatoms. The number of carbonyl (C=O) groups excluding carboxylic acids is 2. The number of Topliss-reactive ketones (excluding diaryl/α,β-unsaturated/α-hetero) is 1. The molecule has 0 amide bonds. The highest BCUT2D eigenvalue weighted by atomic mass is 16.5. The minimum Gasteiger partial charge on any atom is -0.469 e. The summed E-state index contributed by atoms with van der Waals surface area (Å²) in [5.74, 6) is 1.92. The minimum absolute atomic E-state index is 0.0503. The summed E-state index contributed by atoms with van der Waals surface area (Å²) in [6.07, 6.45) is 6.15. The molecule has 0 aromatic heterocycles. The Bertz CT molecular complexity index is 691. The third-order valence-corrected chi connectivity index (χ3v) is 10.4. The Morgan fingerprint density at radius 1 is 1.20 bits per heavy atom. The molecular formula is C25H40O5. The van der Waals surface area contributed by atoms with Crippen molar-refractivity contribution in [2.75, 3.05) is 7.11 Å². The van der Waals surface area contributed by atoms with E-state index < -0.39 is 6.10 Å². The van der Waals surface area contributed by atoms with Crippen LogP contribution in [0.4, 0.5) is 0 Å². The van der Waals surface area contributed by atoms with Gasteiger partial charge in [0.1, 0.15) is 5.78 Å². The van der Waals surface area contributed by atoms with Crippen LogP contribution >= 0.6 is 0 Å². The molecule has 2 N–H and O–H groups in total. The van der Waals surface area contributed by atoms with Crippen molar-refractivity contribution in [3.05, 3.63) is 0 Å². The molecule has 0 bridgehead atoms. The van der Waals surface area contributed by atoms with Gasteiger partial charge in [-0.3, -0.25) is 9.59 Å². The van der Waals surface area contributed by atoms with Crippen LogP contribution in [0.15, 0.2) is 0 Å². The second-order valence-corrected chi connectivity index (χ2v) is 11.4. The maximum absolute atomic E-state index is 12.1. The fourth-order valence-corrected chi connectivity index (χ4v) is 8.59. The number of rotatable bonds is 4. The number of hydrogen-bond donors (Lipinski definition) is 2. The number of hydrogen-bond acceptors (Lipinski definition) is 5. The molecular weight excluding hydrogens is 380 g/mol. The van der Waals surface area contributed by atoms with Crippen LogP contribution < -0.4 is 0 Å². The molecule has 0 aromatic carbocycles. The zero-order chi connectivity index (χ0) is 21.8. The molecule has 5 nitrogen and oxygen atoms in total. The maximum atomic E-state index is 12.1. The first kappa shape index (κ1) is 22.3. The lowest BCUT2D eigenvalue weighted by atomic mass is 9.43. The molecule has 0 saturated heterocycles. The van der Waals surface area contributed by atoms with E-state index in [1.165, 1.54) is 7.11 Å². The van der Waals surface area contributed by atoms with Crippen molar-refractivity contribution in [1.82, 2.24) is 0 Å². The Morgan fingerprint density at radius 2 is 1.93 bits per heavy atom. The van der Waals surface area contributed by atoms with E-state index in [1.54, 1.807) is 0 Å². The van der Waals surface area contributed by atoms with Gasteiger partial charge in [-0.2, -0.15) is 0 Å². The largest absolute Gasteiger partial charge is 0.469 e. The SMILES string of the molecule is COC(=O)CCC(C)C1CCC2C3C(O)C[C@@H]4CC(=O)CC[C@]4(C)C3C[C@H](O)[C@]12C. The fourth-order valence-electron chi connectivity index (χ4n) is 8.59. The smallest absolute Gasteiger partial charge is 0.305 e. The molecule has 30 heavy (non-hydrogen) atoms. The van der Waals surface area contributed by atoms with E-state index in [9.17, 15) is 19.8 Å². The van der Waals surface area contributed by atoms with Gasteiger partial charge in [0, 0.05) is 19.3 Å². The molecule has 4 aliphatic carbocycles. The topological polar surface area (TPSA) is 83.8 Å². The zero-order valence-corrected chi connectivity index (χ0v) is 19.1. The fraction of sp³-hybridized carbons (Fsp3) is 0.920. The molecule has 4 rings (SSSR count). The second kappa shape index (κ2) is 7.88. The van der Waals surface area contributed by atoms with Crippen molar-refractivity contribution in [3.63, 3.8) is 0 Å². The third kappa shape index (κ3) is 3.26. The van der Waals surface area contributed by atoms with Gasteiger partial charge in [-0.05, 0) is 84.9 Å². The van der Waals surface area contributed by atoms with E-state index in [-0.39, 0.29) is 40.7 Å². The van der Waals surface area contributed by atoms with E-state index in [4.69, 9.17) is 4.74 Å². The van der Waals surface area contributed by atoms with Gasteiger partial charge in [-0.25, -0.2) is 0 Å². The summed E-state index contributed by atoms with van der Waals surface area (Å²) < 4.78 is 4.82. The third-order valence-electron chi connectivity index (χ3n) is 10.4. The number of ketones is 1. The Labute approximate surface area is 180 Å². The van der Waals surface area contributed by atoms with Gasteiger partial charge < -0.3 is 14.9 Å². The van der Waals surface area contributed by atoms with Crippen molar-refractivity contribution in [1.29, 1.82) is 0 Å². The molecule has 4 saturated carbocycles. The zero-order valence-electron chi connectivity index (χ0n) is 19.1. The predicted octanol–water partition coefficient (Wildman–Crippen LogP) is 3.75. The first-order valence-electron chi connectivity index (χ1n) is 12.1. The van der Waals surface area contributed by atoms with Crippen LogP contribution in [-0.2, 0) is 14.3 Å². The summed E-state index contributed by atoms with van der Waals surface area (Å²) in [4.78, 5) is 23.8. The number of esters is 1. The Morgan fingerprint density at radius 3 is 2.63 bits per heavy atom. The number of carbonyl (C=O) groups is 2. The van der Waals surface area contributed by atoms with Crippen LogP contribution in [0, 0.1) is 46.3 Å². The number of aliphatic hydroxyl groups is 2. The quantitative estimate of drug-likeness (QED) is 0.677. The minimum atomic E-state index is -0.391. The van der Waals surface area contributed by atoms with Gasteiger partial charge in [0.15, 0.2) is 0 Å². The van der Waals surface area contributed by atoms with Gasteiger partial charge in [0.25, 0.3) is 0 Å². The van der Waals surface area contributed by atoms with Crippen LogP contribution in [0.3, 0.4) is 0 Å². The monoisotopic (exact) mass is 420 g/mol. The van der Waals surface area contributed by atoms with E-state index in [0.29, 0.717) is 42.8 Å². The van der Waals surface area contributed by atoms with E-state index in [0.717, 1.165) is 38.5 Å². The summed E-state index contributed by atoms with van der Waals surface area (Å²) in [5.41, 5.74) is -0.167. The van der Waals surface area contributed by atoms with Crippen LogP contribution in [-0.4, -0.2) is 41.3 Å². The molecule has 170 valence electrons. The van der Waals surface area contributed by atoms with Gasteiger partial charge in [0.2, 0.25) is 0 Å². The summed E-state index contributed by atoms with van der Waals surface area (Å²) in [6, 6.07) is 0. The Balaban J connectivity index is 1.58. The van der Waals surface area contributed by atoms with Crippen LogP contribution in [0.25, 0.3) is 0 Å². The lowest BCUT2D eigenvalue weighted by Crippen LogP contribution is -2.62. The van der Waals surface area contributed by atoms with Crippen LogP contribution in [0.1, 0.15) is 78.6 Å². The van der Waals surface area contributed by atoms with Crippen LogP contribution in [0.5, 0.6) is 0 Å². The maximum Gasteiger partial charge on any atom is 0.305 e. The highest BCUT2D eigenvalue weighted by molar-refractivity contribution is 5.79. The molecule has 6 unspecified atom stereocenters. The molecule has 10 atom stereocenters. The highest BCUT2D eigenvalue weighted by Crippen LogP contribution is 2.68. The van der Waals surface area contributed by atoms with E-state index in [2.05, 4.69) is 20.8 Å². The summed E-state index contributed by atoms with van der Waals surface area (Å²) in [6.45, 7) is 6.78. The number of fused-ring (bicyclic) bond motifs is 5. The van der Waals surface area contributed by atoms with Gasteiger partial charge in [0.05, 0.1) is 19.3 Å². The lowest BCUT2D eigenvalue weighted by molar-refractivity contribution is -0.201. The average molecular weight is 421 g/mol. The number of methoxy groups -OCH3 is 1. The summed E-state index contributed by atoms with van der Waals surface area (Å²) in [7, 11) is 1.43. The molecule has 0 heterocycles. The number of aliphatic hydroxyl groups excluding tert-OH is 2. The first-order valence-corrected chi connectivity index (χ1v) is 12.1. The van der Waals surface area contributed by atoms with E-state index >= 15 is 0 Å². The normalized spacial score (nSPS) is 49.0. The van der Waals surface area contributed by atoms with Crippen LogP contribution in [0.2, 0.25) is 0 Å². The molecule has 4 aliphatic rings. The van der Waals surface area contributed by atoms with E-state index in [1.807, 2.05) is 0 Å². The van der Waals surface area contributed by atoms with Gasteiger partial charge in [-0.1, -0.05) is 20.8 Å². The molecule has 0 spiro atoms. The van der Waals surface area contributed by atoms with Crippen molar-refractivity contribution in [2.45, 2.75) is 90.8 Å². The molecule has 0 aliphatic heterocycles. The Kier molecular flexibility index (Phi) is 5.85. The van der Waals surface area contributed by atoms with Crippen molar-refractivity contribution in [2.24, 2.45) is 46.3 Å². The first-order chi connectivity index (χ1) is 14.1. The number of ether oxygens (including phenoxy) is 1.